The van der Waals surface area contributed by atoms with Crippen LogP contribution < -0.4 is 0 Å². The van der Waals surface area contributed by atoms with Crippen molar-refractivity contribution < 1.29 is 20.6 Å². The molecule has 36 heavy (non-hydrogen) atoms. The predicted octanol–water partition coefficient (Wildman–Crippen LogP) is 9.71. The minimum atomic E-state index is -2.11. The topological polar surface area (TPSA) is 0 Å². The normalized spacial score (nSPS) is 18.6. The monoisotopic (exact) mass is 515 g/mol. The van der Waals surface area contributed by atoms with Gasteiger partial charge in [-0.15, -0.1) is 0 Å². The van der Waals surface area contributed by atoms with Gasteiger partial charge in [-0.3, -0.25) is 0 Å². The second-order valence-corrected chi connectivity index (χ2v) is 29.2. The zero-order valence-electron chi connectivity index (χ0n) is 21.9. The molecule has 2 atom stereocenters. The summed E-state index contributed by atoms with van der Waals surface area (Å²) < 4.78 is 1.20. The Hall–Kier alpha value is -2.29. The van der Waals surface area contributed by atoms with Gasteiger partial charge in [0.25, 0.3) is 0 Å². The van der Waals surface area contributed by atoms with E-state index in [1.807, 2.05) is 0 Å². The molecule has 2 aliphatic rings. The van der Waals surface area contributed by atoms with E-state index in [4.69, 9.17) is 6.55 Å². The Morgan fingerprint density at radius 1 is 0.750 bits per heavy atom. The van der Waals surface area contributed by atoms with E-state index in [2.05, 4.69) is 124 Å². The van der Waals surface area contributed by atoms with Gasteiger partial charge in [0.15, 0.2) is 0 Å². The Balaban J connectivity index is 1.54. The summed E-state index contributed by atoms with van der Waals surface area (Å²) in [6.07, 6.45) is 6.21. The zero-order valence-corrected chi connectivity index (χ0v) is 24.7. The molecular formula is C34H34ScSi. The van der Waals surface area contributed by atoms with Gasteiger partial charge in [0, 0.05) is 0 Å². The Morgan fingerprint density at radius 2 is 1.47 bits per heavy atom. The zero-order chi connectivity index (χ0) is 25.0. The van der Waals surface area contributed by atoms with Crippen LogP contribution in [-0.2, 0) is 20.6 Å². The van der Waals surface area contributed by atoms with Crippen LogP contribution in [0.2, 0.25) is 13.1 Å². The molecule has 4 aromatic carbocycles. The molecule has 0 N–H and O–H groups in total. The molecule has 2 unspecified atom stereocenters. The molecular weight excluding hydrogens is 481 g/mol. The first-order valence-corrected chi connectivity index (χ1v) is 21.4. The molecule has 0 heterocycles. The molecule has 4 aromatic rings. The molecule has 2 heteroatoms. The van der Waals surface area contributed by atoms with Crippen molar-refractivity contribution >= 4 is 28.2 Å². The minimum absolute atomic E-state index is 0.600. The van der Waals surface area contributed by atoms with E-state index in [0.29, 0.717) is 7.35 Å². The first kappa shape index (κ1) is 24.1. The van der Waals surface area contributed by atoms with E-state index in [1.165, 1.54) is 33.0 Å². The van der Waals surface area contributed by atoms with Crippen molar-refractivity contribution in [3.8, 4) is 11.1 Å². The molecule has 0 bridgehead atoms. The number of hydrogen-bond acceptors (Lipinski definition) is 0. The third-order valence-corrected chi connectivity index (χ3v) is 26.4. The molecule has 0 nitrogen and oxygen atoms in total. The summed E-state index contributed by atoms with van der Waals surface area (Å²) in [5.41, 5.74) is 12.1. The van der Waals surface area contributed by atoms with E-state index < -0.39 is 25.9 Å². The van der Waals surface area contributed by atoms with Gasteiger partial charge in [0.1, 0.15) is 0 Å². The van der Waals surface area contributed by atoms with Crippen LogP contribution in [0.3, 0.4) is 0 Å². The molecule has 6 rings (SSSR count). The van der Waals surface area contributed by atoms with Crippen molar-refractivity contribution in [2.75, 3.05) is 0 Å². The van der Waals surface area contributed by atoms with Crippen LogP contribution in [0.15, 0.2) is 96.1 Å². The van der Waals surface area contributed by atoms with Crippen LogP contribution in [0.5, 0.6) is 0 Å². The third kappa shape index (κ3) is 3.89. The van der Waals surface area contributed by atoms with Gasteiger partial charge in [0.2, 0.25) is 0 Å². The summed E-state index contributed by atoms with van der Waals surface area (Å²) in [5, 5.41) is 1.10. The summed E-state index contributed by atoms with van der Waals surface area (Å²) in [6, 6.07) is 31.7. The van der Waals surface area contributed by atoms with Crippen molar-refractivity contribution in [3.05, 3.63) is 125 Å². The number of fused-ring (bicyclic) bond motifs is 4. The van der Waals surface area contributed by atoms with Crippen molar-refractivity contribution in [2.24, 2.45) is 0 Å². The Bertz CT molecular complexity index is 1520. The molecule has 0 saturated heterocycles. The number of rotatable bonds is 5. The van der Waals surface area contributed by atoms with Gasteiger partial charge in [0.05, 0.1) is 0 Å². The van der Waals surface area contributed by atoms with Crippen molar-refractivity contribution in [1.29, 1.82) is 0 Å². The van der Waals surface area contributed by atoms with Crippen molar-refractivity contribution in [3.63, 3.8) is 0 Å². The second kappa shape index (κ2) is 9.22. The quantitative estimate of drug-likeness (QED) is 0.232. The van der Waals surface area contributed by atoms with Gasteiger partial charge >= 0.3 is 226 Å². The summed E-state index contributed by atoms with van der Waals surface area (Å²) in [5.74, 6) is 0. The molecule has 0 fully saturated rings. The molecule has 0 amide bonds. The first-order valence-electron chi connectivity index (χ1n) is 13.3. The van der Waals surface area contributed by atoms with Gasteiger partial charge < -0.3 is 0 Å². The van der Waals surface area contributed by atoms with Gasteiger partial charge in [-0.25, -0.2) is 0 Å². The number of allylic oxidation sites excluding steroid dienone is 2. The van der Waals surface area contributed by atoms with E-state index in [9.17, 15) is 0 Å². The molecule has 177 valence electrons. The van der Waals surface area contributed by atoms with Gasteiger partial charge in [-0.2, -0.15) is 0 Å². The van der Waals surface area contributed by atoms with Crippen LogP contribution in [0.4, 0.5) is 0 Å². The maximum atomic E-state index is 5.02. The fourth-order valence-electron chi connectivity index (χ4n) is 6.98. The Kier molecular flexibility index (Phi) is 6.17. The molecule has 0 saturated carbocycles. The average molecular weight is 516 g/mol. The number of benzene rings is 4. The SMILES string of the molecule is [CH2][Si](C)(C)[Sc]([CH]1C(CC)=Cc2c(-c3ccccc3)cccc21)[CH]1C(C)=Cc2c1ccc1ccccc21. The molecule has 2 aliphatic carbocycles. The van der Waals surface area contributed by atoms with Crippen molar-refractivity contribution in [2.45, 2.75) is 40.7 Å². The van der Waals surface area contributed by atoms with Gasteiger partial charge in [-0.1, -0.05) is 0 Å². The maximum absolute atomic E-state index is 5.02. The van der Waals surface area contributed by atoms with Crippen molar-refractivity contribution in [1.82, 2.24) is 0 Å². The summed E-state index contributed by atoms with van der Waals surface area (Å²) in [6.45, 7) is 14.9. The predicted molar refractivity (Wildman–Crippen MR) is 156 cm³/mol. The van der Waals surface area contributed by atoms with E-state index in [0.717, 1.165) is 6.42 Å². The Morgan fingerprint density at radius 3 is 2.22 bits per heavy atom. The fourth-order valence-corrected chi connectivity index (χ4v) is 25.7. The summed E-state index contributed by atoms with van der Waals surface area (Å²) in [4.78, 5) is 0. The standard InChI is InChI=1S/C17H15.C14H11.C3H8Si.Sc/c1-2-13-11-15-9-6-10-16(17(15)12-13)14-7-4-3-5-8-14;1-10-8-12-7-6-11-4-2-3-5-13(11)14(12)9-10;1-4(2)3;/h3-12H,2H2,1H3;2-9H,1H3;1H2,2-3H3;. The van der Waals surface area contributed by atoms with Gasteiger partial charge in [-0.05, 0) is 0 Å². The molecule has 0 aliphatic heterocycles. The van der Waals surface area contributed by atoms with Crippen LogP contribution in [0.1, 0.15) is 49.9 Å². The van der Waals surface area contributed by atoms with Crippen LogP contribution >= 0.6 is 0 Å². The summed E-state index contributed by atoms with van der Waals surface area (Å²) >= 11 is -2.11. The van der Waals surface area contributed by atoms with E-state index in [1.54, 1.807) is 22.3 Å². The van der Waals surface area contributed by atoms with Crippen LogP contribution in [0, 0.1) is 6.55 Å². The molecule has 0 aromatic heterocycles. The Labute approximate surface area is 224 Å². The fraction of sp³-hybridized carbons (Fsp3) is 0.206. The number of hydrogen-bond donors (Lipinski definition) is 0. The summed E-state index contributed by atoms with van der Waals surface area (Å²) in [7, 11) is 0. The van der Waals surface area contributed by atoms with E-state index >= 15 is 0 Å². The van der Waals surface area contributed by atoms with Crippen LogP contribution in [0.25, 0.3) is 34.1 Å². The first-order chi connectivity index (χ1) is 17.4. The van der Waals surface area contributed by atoms with E-state index in [-0.39, 0.29) is 0 Å². The second-order valence-electron chi connectivity index (χ2n) is 11.4. The molecule has 0 spiro atoms. The average Bonchev–Trinajstić information content (AvgIpc) is 3.41. The molecule has 1 radical (unpaired) electrons. The third-order valence-electron chi connectivity index (χ3n) is 8.52. The van der Waals surface area contributed by atoms with Crippen LogP contribution in [-0.4, -0.2) is 5.26 Å².